The minimum Gasteiger partial charge on any atom is -0.478 e. The van der Waals surface area contributed by atoms with Crippen LogP contribution in [0.25, 0.3) is 0 Å². The SMILES string of the molecule is Brc1ccc(OCC[C@@H]2CCCCN2)nc1. The summed E-state index contributed by atoms with van der Waals surface area (Å²) in [6.07, 6.45) is 6.75. The second-order valence-corrected chi connectivity index (χ2v) is 5.01. The molecule has 1 atom stereocenters. The smallest absolute Gasteiger partial charge is 0.213 e. The summed E-state index contributed by atoms with van der Waals surface area (Å²) in [4.78, 5) is 4.17. The van der Waals surface area contributed by atoms with Crippen molar-refractivity contribution in [1.29, 1.82) is 0 Å². The molecule has 88 valence electrons. The van der Waals surface area contributed by atoms with Crippen LogP contribution in [0.4, 0.5) is 0 Å². The number of hydrogen-bond donors (Lipinski definition) is 1. The highest BCUT2D eigenvalue weighted by Gasteiger charge is 2.11. The molecule has 4 heteroatoms. The highest BCUT2D eigenvalue weighted by atomic mass is 79.9. The zero-order valence-corrected chi connectivity index (χ0v) is 10.9. The molecule has 0 aromatic carbocycles. The maximum absolute atomic E-state index is 5.59. The van der Waals surface area contributed by atoms with E-state index in [1.807, 2.05) is 12.1 Å². The predicted octanol–water partition coefficient (Wildman–Crippen LogP) is 2.76. The van der Waals surface area contributed by atoms with Crippen LogP contribution in [-0.4, -0.2) is 24.2 Å². The molecule has 1 aliphatic heterocycles. The maximum Gasteiger partial charge on any atom is 0.213 e. The van der Waals surface area contributed by atoms with Gasteiger partial charge in [-0.1, -0.05) is 6.42 Å². The van der Waals surface area contributed by atoms with Gasteiger partial charge in [0.15, 0.2) is 0 Å². The third-order valence-electron chi connectivity index (χ3n) is 2.83. The van der Waals surface area contributed by atoms with Crippen molar-refractivity contribution in [2.45, 2.75) is 31.7 Å². The molecule has 3 nitrogen and oxygen atoms in total. The summed E-state index contributed by atoms with van der Waals surface area (Å²) in [6, 6.07) is 4.46. The van der Waals surface area contributed by atoms with Crippen molar-refractivity contribution < 1.29 is 4.74 Å². The van der Waals surface area contributed by atoms with E-state index in [1.165, 1.54) is 19.3 Å². The molecule has 2 rings (SSSR count). The highest BCUT2D eigenvalue weighted by molar-refractivity contribution is 9.10. The predicted molar refractivity (Wildman–Crippen MR) is 67.7 cm³/mol. The number of rotatable bonds is 4. The Bertz CT molecular complexity index is 309. The van der Waals surface area contributed by atoms with Crippen LogP contribution in [0.15, 0.2) is 22.8 Å². The van der Waals surface area contributed by atoms with Gasteiger partial charge < -0.3 is 10.1 Å². The molecule has 1 aromatic rings. The molecule has 0 spiro atoms. The quantitative estimate of drug-likeness (QED) is 0.923. The Morgan fingerprint density at radius 1 is 1.44 bits per heavy atom. The summed E-state index contributed by atoms with van der Waals surface area (Å²) in [5, 5.41) is 3.51. The fourth-order valence-electron chi connectivity index (χ4n) is 1.92. The Kier molecular flexibility index (Phi) is 4.60. The summed E-state index contributed by atoms with van der Waals surface area (Å²) in [5.41, 5.74) is 0. The van der Waals surface area contributed by atoms with Crippen molar-refractivity contribution >= 4 is 15.9 Å². The molecule has 16 heavy (non-hydrogen) atoms. The van der Waals surface area contributed by atoms with Crippen molar-refractivity contribution in [3.63, 3.8) is 0 Å². The van der Waals surface area contributed by atoms with Gasteiger partial charge in [0, 0.05) is 22.8 Å². The van der Waals surface area contributed by atoms with E-state index in [2.05, 4.69) is 26.2 Å². The monoisotopic (exact) mass is 284 g/mol. The molecular formula is C12H17BrN2O. The van der Waals surface area contributed by atoms with Crippen LogP contribution in [0.1, 0.15) is 25.7 Å². The Balaban J connectivity index is 1.69. The van der Waals surface area contributed by atoms with Gasteiger partial charge in [0.05, 0.1) is 6.61 Å². The Morgan fingerprint density at radius 3 is 3.06 bits per heavy atom. The number of hydrogen-bond acceptors (Lipinski definition) is 3. The van der Waals surface area contributed by atoms with Crippen LogP contribution < -0.4 is 10.1 Å². The van der Waals surface area contributed by atoms with E-state index in [9.17, 15) is 0 Å². The Labute approximate surface area is 105 Å². The molecule has 0 saturated carbocycles. The van der Waals surface area contributed by atoms with Gasteiger partial charge in [0.2, 0.25) is 5.88 Å². The molecule has 0 bridgehead atoms. The first-order valence-corrected chi connectivity index (χ1v) is 6.61. The number of nitrogens with one attached hydrogen (secondary N) is 1. The van der Waals surface area contributed by atoms with Crippen LogP contribution >= 0.6 is 15.9 Å². The molecule has 0 amide bonds. The van der Waals surface area contributed by atoms with E-state index in [-0.39, 0.29) is 0 Å². The molecule has 0 radical (unpaired) electrons. The van der Waals surface area contributed by atoms with Gasteiger partial charge in [0.1, 0.15) is 0 Å². The fourth-order valence-corrected chi connectivity index (χ4v) is 2.16. The molecule has 1 saturated heterocycles. The second kappa shape index (κ2) is 6.21. The standard InChI is InChI=1S/C12H17BrN2O/c13-10-4-5-12(15-9-10)16-8-6-11-3-1-2-7-14-11/h4-5,9,11,14H,1-3,6-8H2/t11-/m0/s1. The molecular weight excluding hydrogens is 268 g/mol. The van der Waals surface area contributed by atoms with E-state index < -0.39 is 0 Å². The van der Waals surface area contributed by atoms with Crippen LogP contribution in [0, 0.1) is 0 Å². The first-order valence-electron chi connectivity index (χ1n) is 5.82. The minimum absolute atomic E-state index is 0.629. The first kappa shape index (κ1) is 11.9. The lowest BCUT2D eigenvalue weighted by molar-refractivity contribution is 0.260. The van der Waals surface area contributed by atoms with Crippen LogP contribution in [0.5, 0.6) is 5.88 Å². The molecule has 2 heterocycles. The van der Waals surface area contributed by atoms with E-state index in [4.69, 9.17) is 4.74 Å². The van der Waals surface area contributed by atoms with Gasteiger partial charge in [-0.25, -0.2) is 4.98 Å². The molecule has 1 fully saturated rings. The van der Waals surface area contributed by atoms with Crippen molar-refractivity contribution in [2.24, 2.45) is 0 Å². The van der Waals surface area contributed by atoms with Gasteiger partial charge in [-0.2, -0.15) is 0 Å². The van der Waals surface area contributed by atoms with E-state index in [1.54, 1.807) is 6.20 Å². The zero-order valence-electron chi connectivity index (χ0n) is 9.29. The number of nitrogens with zero attached hydrogens (tertiary/aromatic N) is 1. The third-order valence-corrected chi connectivity index (χ3v) is 3.30. The van der Waals surface area contributed by atoms with Crippen LogP contribution in [0.2, 0.25) is 0 Å². The third kappa shape index (κ3) is 3.76. The molecule has 1 aromatic heterocycles. The van der Waals surface area contributed by atoms with Crippen molar-refractivity contribution in [3.8, 4) is 5.88 Å². The number of piperidine rings is 1. The summed E-state index contributed by atoms with van der Waals surface area (Å²) >= 11 is 3.35. The Hall–Kier alpha value is -0.610. The topological polar surface area (TPSA) is 34.1 Å². The maximum atomic E-state index is 5.59. The Morgan fingerprint density at radius 2 is 2.38 bits per heavy atom. The average Bonchev–Trinajstić information content (AvgIpc) is 2.33. The van der Waals surface area contributed by atoms with Gasteiger partial charge in [-0.05, 0) is 47.8 Å². The van der Waals surface area contributed by atoms with Crippen molar-refractivity contribution in [1.82, 2.24) is 10.3 Å². The summed E-state index contributed by atoms with van der Waals surface area (Å²) in [5.74, 6) is 0.707. The average molecular weight is 285 g/mol. The second-order valence-electron chi connectivity index (χ2n) is 4.10. The van der Waals surface area contributed by atoms with Gasteiger partial charge >= 0.3 is 0 Å². The molecule has 0 unspecified atom stereocenters. The van der Waals surface area contributed by atoms with Crippen LogP contribution in [-0.2, 0) is 0 Å². The van der Waals surface area contributed by atoms with E-state index >= 15 is 0 Å². The summed E-state index contributed by atoms with van der Waals surface area (Å²) in [7, 11) is 0. The lowest BCUT2D eigenvalue weighted by Crippen LogP contribution is -2.35. The molecule has 0 aliphatic carbocycles. The fraction of sp³-hybridized carbons (Fsp3) is 0.583. The highest BCUT2D eigenvalue weighted by Crippen LogP contribution is 2.14. The van der Waals surface area contributed by atoms with Gasteiger partial charge in [0.25, 0.3) is 0 Å². The van der Waals surface area contributed by atoms with Crippen molar-refractivity contribution in [2.75, 3.05) is 13.2 Å². The normalized spacial score (nSPS) is 20.7. The largest absolute Gasteiger partial charge is 0.478 e. The molecule has 1 aliphatic rings. The lowest BCUT2D eigenvalue weighted by atomic mass is 10.0. The minimum atomic E-state index is 0.629. The van der Waals surface area contributed by atoms with Gasteiger partial charge in [-0.3, -0.25) is 0 Å². The summed E-state index contributed by atoms with van der Waals surface area (Å²) in [6.45, 7) is 1.90. The van der Waals surface area contributed by atoms with Crippen molar-refractivity contribution in [3.05, 3.63) is 22.8 Å². The first-order chi connectivity index (χ1) is 7.84. The number of aromatic nitrogens is 1. The zero-order chi connectivity index (χ0) is 11.2. The van der Waals surface area contributed by atoms with Gasteiger partial charge in [-0.15, -0.1) is 0 Å². The number of halogens is 1. The number of pyridine rings is 1. The van der Waals surface area contributed by atoms with E-state index in [0.717, 1.165) is 24.0 Å². The van der Waals surface area contributed by atoms with E-state index in [0.29, 0.717) is 11.9 Å². The summed E-state index contributed by atoms with van der Waals surface area (Å²) < 4.78 is 6.57. The van der Waals surface area contributed by atoms with Crippen LogP contribution in [0.3, 0.4) is 0 Å². The number of ether oxygens (including phenoxy) is 1. The molecule has 1 N–H and O–H groups in total. The lowest BCUT2D eigenvalue weighted by Gasteiger charge is -2.23.